The summed E-state index contributed by atoms with van der Waals surface area (Å²) in [7, 11) is 3.21. The summed E-state index contributed by atoms with van der Waals surface area (Å²) < 4.78 is 18.1. The van der Waals surface area contributed by atoms with Gasteiger partial charge >= 0.3 is 0 Å². The first kappa shape index (κ1) is 17.8. The van der Waals surface area contributed by atoms with Gasteiger partial charge in [0.1, 0.15) is 6.54 Å². The third kappa shape index (κ3) is 3.61. The van der Waals surface area contributed by atoms with E-state index in [0.29, 0.717) is 28.9 Å². The van der Waals surface area contributed by atoms with Crippen molar-refractivity contribution in [3.63, 3.8) is 0 Å². The molecule has 0 spiro atoms. The highest BCUT2D eigenvalue weighted by Crippen LogP contribution is 2.31. The Labute approximate surface area is 162 Å². The number of methoxy groups -OCH3 is 2. The van der Waals surface area contributed by atoms with Gasteiger partial charge in [-0.25, -0.2) is 0 Å². The van der Waals surface area contributed by atoms with E-state index in [9.17, 15) is 0 Å². The van der Waals surface area contributed by atoms with Crippen LogP contribution in [0.1, 0.15) is 11.1 Å². The molecular weight excluding hydrogens is 362 g/mol. The van der Waals surface area contributed by atoms with Crippen molar-refractivity contribution in [2.45, 2.75) is 19.6 Å². The second-order valence-electron chi connectivity index (χ2n) is 6.60. The van der Waals surface area contributed by atoms with Gasteiger partial charge in [0.15, 0.2) is 18.2 Å². The lowest BCUT2D eigenvalue weighted by molar-refractivity contribution is -0.939. The van der Waals surface area contributed by atoms with E-state index >= 15 is 0 Å². The van der Waals surface area contributed by atoms with Gasteiger partial charge in [-0.2, -0.15) is 4.68 Å². The van der Waals surface area contributed by atoms with Crippen molar-refractivity contribution >= 4 is 12.2 Å². The van der Waals surface area contributed by atoms with Crippen molar-refractivity contribution in [3.05, 3.63) is 58.4 Å². The molecule has 7 heteroatoms. The van der Waals surface area contributed by atoms with Crippen LogP contribution in [0.25, 0.3) is 11.5 Å². The molecule has 0 radical (unpaired) electrons. The topological polar surface area (TPSA) is 53.9 Å². The Kier molecular flexibility index (Phi) is 4.96. The lowest BCUT2D eigenvalue weighted by Crippen LogP contribution is -3.11. The smallest absolute Gasteiger partial charge is 0.292 e. The van der Waals surface area contributed by atoms with E-state index in [1.54, 1.807) is 18.9 Å². The summed E-state index contributed by atoms with van der Waals surface area (Å²) in [5.41, 5.74) is 3.64. The summed E-state index contributed by atoms with van der Waals surface area (Å²) in [6.07, 6.45) is 1.07. The van der Waals surface area contributed by atoms with Crippen LogP contribution in [-0.4, -0.2) is 30.5 Å². The Morgan fingerprint density at radius 2 is 1.89 bits per heavy atom. The number of hydrogen-bond donors (Lipinski definition) is 1. The normalized spacial score (nSPS) is 16.0. The zero-order valence-corrected chi connectivity index (χ0v) is 16.2. The molecule has 0 aliphatic carbocycles. The lowest BCUT2D eigenvalue weighted by Gasteiger charge is -2.25. The molecule has 0 fully saturated rings. The fourth-order valence-corrected chi connectivity index (χ4v) is 3.67. The van der Waals surface area contributed by atoms with Gasteiger partial charge in [-0.3, -0.25) is 0 Å². The first-order chi connectivity index (χ1) is 13.2. The Morgan fingerprint density at radius 1 is 1.11 bits per heavy atom. The lowest BCUT2D eigenvalue weighted by atomic mass is 10.0. The van der Waals surface area contributed by atoms with Crippen LogP contribution in [0, 0.1) is 4.84 Å². The Hall–Kier alpha value is -2.64. The SMILES string of the molecule is COc1ccc(-c2nn(C[NH+]3CCc4ccccc4C3)c(=S)o2)cc1OC. The molecule has 1 N–H and O–H groups in total. The van der Waals surface area contributed by atoms with Crippen LogP contribution < -0.4 is 14.4 Å². The molecule has 27 heavy (non-hydrogen) atoms. The van der Waals surface area contributed by atoms with Crippen LogP contribution >= 0.6 is 12.2 Å². The highest BCUT2D eigenvalue weighted by molar-refractivity contribution is 7.71. The zero-order chi connectivity index (χ0) is 18.8. The largest absolute Gasteiger partial charge is 0.493 e. The molecule has 4 rings (SSSR count). The molecule has 140 valence electrons. The van der Waals surface area contributed by atoms with E-state index in [1.165, 1.54) is 16.0 Å². The maximum Gasteiger partial charge on any atom is 0.292 e. The minimum absolute atomic E-state index is 0.381. The number of rotatable bonds is 5. The fraction of sp³-hybridized carbons (Fsp3) is 0.300. The van der Waals surface area contributed by atoms with Crippen molar-refractivity contribution < 1.29 is 18.8 Å². The summed E-state index contributed by atoms with van der Waals surface area (Å²) in [5.74, 6) is 1.78. The monoisotopic (exact) mass is 384 g/mol. The molecule has 1 aliphatic heterocycles. The van der Waals surface area contributed by atoms with Crippen LogP contribution in [0.4, 0.5) is 0 Å². The minimum atomic E-state index is 0.381. The highest BCUT2D eigenvalue weighted by Gasteiger charge is 2.21. The number of fused-ring (bicyclic) bond motifs is 1. The second kappa shape index (κ2) is 7.54. The van der Waals surface area contributed by atoms with Gasteiger partial charge in [0, 0.05) is 17.5 Å². The third-order valence-electron chi connectivity index (χ3n) is 4.92. The molecule has 0 amide bonds. The average molecular weight is 384 g/mol. The first-order valence-corrected chi connectivity index (χ1v) is 9.29. The average Bonchev–Trinajstić information content (AvgIpc) is 3.07. The Morgan fingerprint density at radius 3 is 2.67 bits per heavy atom. The Bertz CT molecular complexity index is 1010. The maximum atomic E-state index is 5.74. The molecule has 1 unspecified atom stereocenters. The minimum Gasteiger partial charge on any atom is -0.493 e. The fourth-order valence-electron chi connectivity index (χ4n) is 3.48. The highest BCUT2D eigenvalue weighted by atomic mass is 32.1. The summed E-state index contributed by atoms with van der Waals surface area (Å²) in [4.78, 5) is 1.79. The number of hydrogen-bond acceptors (Lipinski definition) is 5. The molecular formula is C20H22N3O3S+. The van der Waals surface area contributed by atoms with E-state index in [1.807, 2.05) is 18.2 Å². The van der Waals surface area contributed by atoms with E-state index in [-0.39, 0.29) is 0 Å². The van der Waals surface area contributed by atoms with Gasteiger partial charge in [-0.1, -0.05) is 24.3 Å². The van der Waals surface area contributed by atoms with Gasteiger partial charge in [0.2, 0.25) is 5.89 Å². The van der Waals surface area contributed by atoms with Gasteiger partial charge in [-0.15, -0.1) is 5.10 Å². The van der Waals surface area contributed by atoms with Crippen LogP contribution in [-0.2, 0) is 19.6 Å². The first-order valence-electron chi connectivity index (χ1n) is 8.88. The number of quaternary nitrogens is 1. The summed E-state index contributed by atoms with van der Waals surface area (Å²) in [6, 6.07) is 14.2. The van der Waals surface area contributed by atoms with Crippen LogP contribution in [0.5, 0.6) is 11.5 Å². The van der Waals surface area contributed by atoms with Crippen molar-refractivity contribution in [2.75, 3.05) is 20.8 Å². The standard InChI is InChI=1S/C20H21N3O3S/c1-24-17-8-7-15(11-18(17)25-2)19-21-23(20(27)26-19)13-22-10-9-14-5-3-4-6-16(14)12-22/h3-8,11H,9-10,12-13H2,1-2H3/p+1. The van der Waals surface area contributed by atoms with Crippen LogP contribution in [0.3, 0.4) is 0 Å². The number of aromatic nitrogens is 2. The molecule has 1 atom stereocenters. The molecule has 0 saturated carbocycles. The third-order valence-corrected chi connectivity index (χ3v) is 5.21. The van der Waals surface area contributed by atoms with Crippen molar-refractivity contribution in [2.24, 2.45) is 0 Å². The van der Waals surface area contributed by atoms with E-state index in [0.717, 1.165) is 25.1 Å². The quantitative estimate of drug-likeness (QED) is 0.685. The summed E-state index contributed by atoms with van der Waals surface area (Å²) in [6.45, 7) is 2.71. The second-order valence-corrected chi connectivity index (χ2v) is 6.95. The zero-order valence-electron chi connectivity index (χ0n) is 15.4. The summed E-state index contributed by atoms with van der Waals surface area (Å²) in [5, 5.41) is 4.59. The number of nitrogens with zero attached hydrogens (tertiary/aromatic N) is 2. The molecule has 0 bridgehead atoms. The molecule has 1 aromatic heterocycles. The van der Waals surface area contributed by atoms with Gasteiger partial charge in [0.25, 0.3) is 4.84 Å². The van der Waals surface area contributed by atoms with Crippen LogP contribution in [0.15, 0.2) is 46.9 Å². The van der Waals surface area contributed by atoms with E-state index < -0.39 is 0 Å². The number of ether oxygens (including phenoxy) is 2. The van der Waals surface area contributed by atoms with E-state index in [2.05, 4.69) is 29.4 Å². The van der Waals surface area contributed by atoms with Gasteiger partial charge in [0.05, 0.1) is 20.8 Å². The molecule has 3 aromatic rings. The predicted octanol–water partition coefficient (Wildman–Crippen LogP) is 2.49. The molecule has 0 saturated heterocycles. The summed E-state index contributed by atoms with van der Waals surface area (Å²) >= 11 is 5.39. The van der Waals surface area contributed by atoms with Gasteiger partial charge < -0.3 is 18.8 Å². The molecule has 1 aliphatic rings. The molecule has 6 nitrogen and oxygen atoms in total. The molecule has 2 aromatic carbocycles. The van der Waals surface area contributed by atoms with Crippen molar-refractivity contribution in [1.82, 2.24) is 9.78 Å². The van der Waals surface area contributed by atoms with Gasteiger partial charge in [-0.05, 0) is 36.0 Å². The number of benzene rings is 2. The predicted molar refractivity (Wildman–Crippen MR) is 104 cm³/mol. The Balaban J connectivity index is 1.55. The number of nitrogens with one attached hydrogen (secondary N) is 1. The van der Waals surface area contributed by atoms with Crippen molar-refractivity contribution in [1.29, 1.82) is 0 Å². The maximum absolute atomic E-state index is 5.74. The van der Waals surface area contributed by atoms with Crippen LogP contribution in [0.2, 0.25) is 0 Å². The van der Waals surface area contributed by atoms with Crippen molar-refractivity contribution in [3.8, 4) is 23.0 Å². The van der Waals surface area contributed by atoms with E-state index in [4.69, 9.17) is 26.1 Å². The molecule has 2 heterocycles.